The Labute approximate surface area is 125 Å². The monoisotopic (exact) mass is 314 g/mol. The molecule has 0 bridgehead atoms. The van der Waals surface area contributed by atoms with Crippen LogP contribution in [0.25, 0.3) is 0 Å². The van der Waals surface area contributed by atoms with Gasteiger partial charge in [-0.1, -0.05) is 13.8 Å². The van der Waals surface area contributed by atoms with Gasteiger partial charge >= 0.3 is 0 Å². The standard InChI is InChI=1S/C13H22N4O3S/c1-3-7-16-10-11(9-12(16)18)15-21(19,20)13-5-6-14-17(13)8-4-2/h5-6,11,15H,3-4,7-10H2,1-2H3. The van der Waals surface area contributed by atoms with Crippen LogP contribution in [0, 0.1) is 0 Å². The summed E-state index contributed by atoms with van der Waals surface area (Å²) in [6, 6.07) is 1.12. The molecule has 1 saturated heterocycles. The second-order valence-corrected chi connectivity index (χ2v) is 6.92. The molecule has 0 aliphatic carbocycles. The van der Waals surface area contributed by atoms with Crippen LogP contribution < -0.4 is 4.72 Å². The van der Waals surface area contributed by atoms with E-state index in [1.807, 2.05) is 13.8 Å². The van der Waals surface area contributed by atoms with Gasteiger partial charge in [0.1, 0.15) is 0 Å². The molecule has 1 aromatic heterocycles. The van der Waals surface area contributed by atoms with E-state index in [4.69, 9.17) is 0 Å². The fourth-order valence-corrected chi connectivity index (χ4v) is 3.92. The normalized spacial score (nSPS) is 19.4. The van der Waals surface area contributed by atoms with Crippen molar-refractivity contribution in [3.05, 3.63) is 12.3 Å². The number of amides is 1. The molecule has 21 heavy (non-hydrogen) atoms. The van der Waals surface area contributed by atoms with Gasteiger partial charge in [-0.05, 0) is 18.9 Å². The van der Waals surface area contributed by atoms with Crippen molar-refractivity contribution in [2.75, 3.05) is 13.1 Å². The van der Waals surface area contributed by atoms with Crippen LogP contribution in [-0.4, -0.2) is 48.1 Å². The fourth-order valence-electron chi connectivity index (χ4n) is 2.55. The smallest absolute Gasteiger partial charge is 0.258 e. The van der Waals surface area contributed by atoms with Crippen molar-refractivity contribution < 1.29 is 13.2 Å². The molecule has 0 radical (unpaired) electrons. The Bertz CT molecular complexity index is 596. The van der Waals surface area contributed by atoms with E-state index in [9.17, 15) is 13.2 Å². The summed E-state index contributed by atoms with van der Waals surface area (Å²) in [7, 11) is -3.64. The van der Waals surface area contributed by atoms with Crippen LogP contribution in [0.2, 0.25) is 0 Å². The van der Waals surface area contributed by atoms with E-state index in [0.717, 1.165) is 12.8 Å². The van der Waals surface area contributed by atoms with Crippen molar-refractivity contribution in [1.82, 2.24) is 19.4 Å². The van der Waals surface area contributed by atoms with E-state index in [2.05, 4.69) is 9.82 Å². The number of carbonyl (C=O) groups is 1. The van der Waals surface area contributed by atoms with Crippen molar-refractivity contribution in [1.29, 1.82) is 0 Å². The van der Waals surface area contributed by atoms with E-state index >= 15 is 0 Å². The molecule has 1 aliphatic heterocycles. The van der Waals surface area contributed by atoms with Crippen LogP contribution in [-0.2, 0) is 21.4 Å². The van der Waals surface area contributed by atoms with E-state index in [1.54, 1.807) is 4.90 Å². The van der Waals surface area contributed by atoms with Crippen molar-refractivity contribution >= 4 is 15.9 Å². The number of nitrogens with one attached hydrogen (secondary N) is 1. The summed E-state index contributed by atoms with van der Waals surface area (Å²) in [5.74, 6) is 0.00613. The third kappa shape index (κ3) is 3.62. The van der Waals surface area contributed by atoms with Gasteiger partial charge in [-0.2, -0.15) is 5.10 Å². The number of aryl methyl sites for hydroxylation is 1. The fraction of sp³-hybridized carbons (Fsp3) is 0.692. The molecule has 7 nitrogen and oxygen atoms in total. The molecule has 1 N–H and O–H groups in total. The van der Waals surface area contributed by atoms with Crippen LogP contribution >= 0.6 is 0 Å². The van der Waals surface area contributed by atoms with E-state index in [-0.39, 0.29) is 23.4 Å². The van der Waals surface area contributed by atoms with Crippen LogP contribution in [0.1, 0.15) is 33.1 Å². The Morgan fingerprint density at radius 3 is 2.71 bits per heavy atom. The van der Waals surface area contributed by atoms with Crippen LogP contribution in [0.15, 0.2) is 17.3 Å². The highest BCUT2D eigenvalue weighted by molar-refractivity contribution is 7.89. The summed E-state index contributed by atoms with van der Waals surface area (Å²) < 4.78 is 28.9. The maximum atomic E-state index is 12.4. The highest BCUT2D eigenvalue weighted by atomic mass is 32.2. The lowest BCUT2D eigenvalue weighted by molar-refractivity contribution is -0.127. The Morgan fingerprint density at radius 2 is 2.05 bits per heavy atom. The predicted octanol–water partition coefficient (Wildman–Crippen LogP) is 0.582. The first-order valence-corrected chi connectivity index (χ1v) is 8.78. The molecule has 2 rings (SSSR count). The average molecular weight is 314 g/mol. The lowest BCUT2D eigenvalue weighted by Crippen LogP contribution is -2.38. The zero-order chi connectivity index (χ0) is 15.5. The molecule has 0 aromatic carbocycles. The van der Waals surface area contributed by atoms with Gasteiger partial charge in [-0.15, -0.1) is 0 Å². The number of hydrogen-bond acceptors (Lipinski definition) is 4. The molecule has 2 heterocycles. The highest BCUT2D eigenvalue weighted by Gasteiger charge is 2.33. The largest absolute Gasteiger partial charge is 0.341 e. The minimum absolute atomic E-state index is 0.00613. The third-order valence-corrected chi connectivity index (χ3v) is 4.96. The van der Waals surface area contributed by atoms with E-state index < -0.39 is 10.0 Å². The Morgan fingerprint density at radius 1 is 1.33 bits per heavy atom. The van der Waals surface area contributed by atoms with Gasteiger partial charge in [0.25, 0.3) is 10.0 Å². The Hall–Kier alpha value is -1.41. The molecule has 1 aromatic rings. The van der Waals surface area contributed by atoms with Gasteiger partial charge in [0.2, 0.25) is 5.91 Å². The molecule has 1 atom stereocenters. The summed E-state index contributed by atoms with van der Waals surface area (Å²) in [6.07, 6.45) is 3.37. The molecule has 8 heteroatoms. The minimum atomic E-state index is -3.64. The second kappa shape index (κ2) is 6.57. The van der Waals surface area contributed by atoms with Crippen molar-refractivity contribution in [2.45, 2.75) is 50.7 Å². The topological polar surface area (TPSA) is 84.3 Å². The summed E-state index contributed by atoms with van der Waals surface area (Å²) in [6.45, 7) is 5.62. The van der Waals surface area contributed by atoms with Crippen molar-refractivity contribution in [3.63, 3.8) is 0 Å². The van der Waals surface area contributed by atoms with Gasteiger partial charge < -0.3 is 4.90 Å². The Kier molecular flexibility index (Phi) is 5.00. The predicted molar refractivity (Wildman–Crippen MR) is 78.1 cm³/mol. The zero-order valence-corrected chi connectivity index (χ0v) is 13.3. The molecule has 0 saturated carbocycles. The third-order valence-electron chi connectivity index (χ3n) is 3.42. The Balaban J connectivity index is 2.08. The number of likely N-dealkylation sites (tertiary alicyclic amines) is 1. The number of hydrogen-bond donors (Lipinski definition) is 1. The van der Waals surface area contributed by atoms with Gasteiger partial charge in [0.15, 0.2) is 5.03 Å². The maximum Gasteiger partial charge on any atom is 0.258 e. The van der Waals surface area contributed by atoms with Crippen molar-refractivity contribution in [2.24, 2.45) is 0 Å². The summed E-state index contributed by atoms with van der Waals surface area (Å²) in [5, 5.41) is 4.18. The lowest BCUT2D eigenvalue weighted by Gasteiger charge is -2.16. The van der Waals surface area contributed by atoms with Crippen LogP contribution in [0.4, 0.5) is 0 Å². The van der Waals surface area contributed by atoms with E-state index in [1.165, 1.54) is 16.9 Å². The van der Waals surface area contributed by atoms with Gasteiger partial charge in [0, 0.05) is 32.1 Å². The van der Waals surface area contributed by atoms with Crippen molar-refractivity contribution in [3.8, 4) is 0 Å². The molecule has 0 spiro atoms. The minimum Gasteiger partial charge on any atom is -0.341 e. The highest BCUT2D eigenvalue weighted by Crippen LogP contribution is 2.15. The molecular formula is C13H22N4O3S. The summed E-state index contributed by atoms with van der Waals surface area (Å²) in [5.41, 5.74) is 0. The second-order valence-electron chi connectivity index (χ2n) is 5.25. The average Bonchev–Trinajstić information content (AvgIpc) is 2.98. The number of rotatable bonds is 7. The van der Waals surface area contributed by atoms with Gasteiger partial charge in [-0.25, -0.2) is 13.1 Å². The number of sulfonamides is 1. The lowest BCUT2D eigenvalue weighted by atomic mass is 10.3. The molecule has 1 aliphatic rings. The molecule has 1 unspecified atom stereocenters. The van der Waals surface area contributed by atoms with Gasteiger partial charge in [-0.3, -0.25) is 9.48 Å². The molecule has 1 amide bonds. The molecular weight excluding hydrogens is 292 g/mol. The zero-order valence-electron chi connectivity index (χ0n) is 12.4. The number of nitrogens with zero attached hydrogens (tertiary/aromatic N) is 3. The summed E-state index contributed by atoms with van der Waals surface area (Å²) in [4.78, 5) is 13.5. The summed E-state index contributed by atoms with van der Waals surface area (Å²) >= 11 is 0. The van der Waals surface area contributed by atoms with Gasteiger partial charge in [0.05, 0.1) is 6.20 Å². The maximum absolute atomic E-state index is 12.4. The SMILES string of the molecule is CCCN1CC(NS(=O)(=O)c2ccnn2CCC)CC1=O. The first-order valence-electron chi connectivity index (χ1n) is 7.29. The van der Waals surface area contributed by atoms with E-state index in [0.29, 0.717) is 19.6 Å². The molecule has 1 fully saturated rings. The first kappa shape index (κ1) is 16.0. The first-order chi connectivity index (χ1) is 9.97. The quantitative estimate of drug-likeness (QED) is 0.798. The van der Waals surface area contributed by atoms with Crippen LogP contribution in [0.5, 0.6) is 0 Å². The van der Waals surface area contributed by atoms with Crippen LogP contribution in [0.3, 0.4) is 0 Å². The number of carbonyl (C=O) groups excluding carboxylic acids is 1. The molecule has 118 valence electrons. The number of aromatic nitrogens is 2.